The summed E-state index contributed by atoms with van der Waals surface area (Å²) in [7, 11) is 0. The third kappa shape index (κ3) is 4.71. The van der Waals surface area contributed by atoms with Gasteiger partial charge < -0.3 is 4.74 Å². The van der Waals surface area contributed by atoms with E-state index in [1.54, 1.807) is 30.3 Å². The van der Waals surface area contributed by atoms with Crippen molar-refractivity contribution in [3.05, 3.63) is 76.3 Å². The molecule has 144 valence electrons. The molecule has 0 amide bonds. The van der Waals surface area contributed by atoms with Crippen molar-refractivity contribution in [1.29, 1.82) is 0 Å². The van der Waals surface area contributed by atoms with E-state index in [0.29, 0.717) is 16.5 Å². The number of hydrogen-bond donors (Lipinski definition) is 0. The molecule has 0 aliphatic carbocycles. The Morgan fingerprint density at radius 3 is 2.57 bits per heavy atom. The van der Waals surface area contributed by atoms with Crippen molar-refractivity contribution in [2.75, 3.05) is 6.61 Å². The first-order chi connectivity index (χ1) is 13.6. The van der Waals surface area contributed by atoms with Gasteiger partial charge in [0, 0.05) is 12.1 Å². The SMILES string of the molecule is CCCc1ccc(C(=O)COC(=O)CCn2cnc3ccccc3c2=O)cc1. The van der Waals surface area contributed by atoms with E-state index in [2.05, 4.69) is 11.9 Å². The zero-order valence-electron chi connectivity index (χ0n) is 15.8. The molecule has 6 heteroatoms. The number of carbonyl (C=O) groups is 2. The van der Waals surface area contributed by atoms with Crippen LogP contribution in [0.3, 0.4) is 0 Å². The first kappa shape index (κ1) is 19.5. The Kier molecular flexibility index (Phi) is 6.32. The van der Waals surface area contributed by atoms with Crippen molar-refractivity contribution in [2.24, 2.45) is 0 Å². The molecule has 0 spiro atoms. The lowest BCUT2D eigenvalue weighted by Crippen LogP contribution is -2.23. The molecule has 6 nitrogen and oxygen atoms in total. The molecular weight excluding hydrogens is 356 g/mol. The second kappa shape index (κ2) is 9.08. The minimum Gasteiger partial charge on any atom is -0.457 e. The van der Waals surface area contributed by atoms with Crippen LogP contribution >= 0.6 is 0 Å². The monoisotopic (exact) mass is 378 g/mol. The molecule has 0 saturated heterocycles. The first-order valence-corrected chi connectivity index (χ1v) is 9.30. The average molecular weight is 378 g/mol. The topological polar surface area (TPSA) is 78.3 Å². The minimum absolute atomic E-state index is 0.0113. The maximum atomic E-state index is 12.4. The number of ketones is 1. The highest BCUT2D eigenvalue weighted by Gasteiger charge is 2.11. The lowest BCUT2D eigenvalue weighted by atomic mass is 10.1. The van der Waals surface area contributed by atoms with Gasteiger partial charge in [-0.2, -0.15) is 0 Å². The summed E-state index contributed by atoms with van der Waals surface area (Å²) < 4.78 is 6.43. The number of aryl methyl sites for hydroxylation is 2. The minimum atomic E-state index is -0.531. The molecule has 0 saturated carbocycles. The van der Waals surface area contributed by atoms with Crippen LogP contribution in [0.15, 0.2) is 59.7 Å². The molecule has 0 atom stereocenters. The molecule has 3 aromatic rings. The highest BCUT2D eigenvalue weighted by atomic mass is 16.5. The van der Waals surface area contributed by atoms with Crippen LogP contribution in [-0.2, 0) is 22.5 Å². The van der Waals surface area contributed by atoms with E-state index < -0.39 is 5.97 Å². The van der Waals surface area contributed by atoms with Crippen molar-refractivity contribution < 1.29 is 14.3 Å². The number of benzene rings is 2. The Labute approximate surface area is 162 Å². The number of hydrogen-bond acceptors (Lipinski definition) is 5. The van der Waals surface area contributed by atoms with Crippen molar-refractivity contribution in [3.8, 4) is 0 Å². The number of nitrogens with zero attached hydrogens (tertiary/aromatic N) is 2. The van der Waals surface area contributed by atoms with Crippen LogP contribution in [0.1, 0.15) is 35.7 Å². The molecule has 0 fully saturated rings. The zero-order valence-corrected chi connectivity index (χ0v) is 15.8. The fourth-order valence-electron chi connectivity index (χ4n) is 2.92. The predicted octanol–water partition coefficient (Wildman–Crippen LogP) is 3.17. The molecule has 0 aliphatic heterocycles. The number of Topliss-reactive ketones (excluding diaryl/α,β-unsaturated/α-hetero) is 1. The van der Waals surface area contributed by atoms with Gasteiger partial charge in [-0.25, -0.2) is 4.98 Å². The largest absolute Gasteiger partial charge is 0.457 e. The summed E-state index contributed by atoms with van der Waals surface area (Å²) in [6, 6.07) is 14.4. The molecule has 0 radical (unpaired) electrons. The second-order valence-corrected chi connectivity index (χ2v) is 6.54. The van der Waals surface area contributed by atoms with Crippen LogP contribution < -0.4 is 5.56 Å². The number of aromatic nitrogens is 2. The van der Waals surface area contributed by atoms with Crippen LogP contribution in [0.4, 0.5) is 0 Å². The first-order valence-electron chi connectivity index (χ1n) is 9.30. The van der Waals surface area contributed by atoms with Gasteiger partial charge in [0.1, 0.15) is 0 Å². The van der Waals surface area contributed by atoms with E-state index >= 15 is 0 Å². The van der Waals surface area contributed by atoms with Crippen molar-refractivity contribution in [2.45, 2.75) is 32.7 Å². The molecular formula is C22H22N2O4. The molecule has 3 rings (SSSR count). The Morgan fingerprint density at radius 1 is 1.07 bits per heavy atom. The van der Waals surface area contributed by atoms with Gasteiger partial charge in [0.15, 0.2) is 12.4 Å². The quantitative estimate of drug-likeness (QED) is 0.444. The lowest BCUT2D eigenvalue weighted by Gasteiger charge is -2.07. The van der Waals surface area contributed by atoms with Gasteiger partial charge >= 0.3 is 5.97 Å². The molecule has 2 aromatic carbocycles. The lowest BCUT2D eigenvalue weighted by molar-refractivity contribution is -0.142. The summed E-state index contributed by atoms with van der Waals surface area (Å²) in [6.07, 6.45) is 3.41. The number of ether oxygens (including phenoxy) is 1. The Balaban J connectivity index is 1.52. The highest BCUT2D eigenvalue weighted by Crippen LogP contribution is 2.08. The van der Waals surface area contributed by atoms with Crippen LogP contribution in [0.5, 0.6) is 0 Å². The number of para-hydroxylation sites is 1. The Morgan fingerprint density at radius 2 is 1.82 bits per heavy atom. The summed E-state index contributed by atoms with van der Waals surface area (Å²) in [5.41, 5.74) is 2.09. The summed E-state index contributed by atoms with van der Waals surface area (Å²) >= 11 is 0. The van der Waals surface area contributed by atoms with Crippen molar-refractivity contribution in [3.63, 3.8) is 0 Å². The fraction of sp³-hybridized carbons (Fsp3) is 0.273. The van der Waals surface area contributed by atoms with Gasteiger partial charge in [0.05, 0.1) is 23.7 Å². The number of esters is 1. The van der Waals surface area contributed by atoms with E-state index in [9.17, 15) is 14.4 Å². The third-order valence-corrected chi connectivity index (χ3v) is 4.47. The highest BCUT2D eigenvalue weighted by molar-refractivity contribution is 5.97. The van der Waals surface area contributed by atoms with E-state index in [4.69, 9.17) is 4.74 Å². The van der Waals surface area contributed by atoms with E-state index in [1.807, 2.05) is 18.2 Å². The summed E-state index contributed by atoms with van der Waals surface area (Å²) in [4.78, 5) is 40.7. The van der Waals surface area contributed by atoms with Gasteiger partial charge in [-0.05, 0) is 24.1 Å². The molecule has 0 aliphatic rings. The van der Waals surface area contributed by atoms with Crippen LogP contribution in [0, 0.1) is 0 Å². The standard InChI is InChI=1S/C22H22N2O4/c1-2-5-16-8-10-17(11-9-16)20(25)14-28-21(26)12-13-24-15-23-19-7-4-3-6-18(19)22(24)27/h3-4,6-11,15H,2,5,12-14H2,1H3. The maximum absolute atomic E-state index is 12.4. The molecule has 0 unspecified atom stereocenters. The van der Waals surface area contributed by atoms with Crippen LogP contribution in [0.25, 0.3) is 10.9 Å². The van der Waals surface area contributed by atoms with Crippen molar-refractivity contribution >= 4 is 22.7 Å². The molecule has 0 N–H and O–H groups in total. The van der Waals surface area contributed by atoms with Gasteiger partial charge in [-0.3, -0.25) is 19.0 Å². The van der Waals surface area contributed by atoms with Gasteiger partial charge in [-0.15, -0.1) is 0 Å². The van der Waals surface area contributed by atoms with E-state index in [-0.39, 0.29) is 30.9 Å². The molecule has 1 heterocycles. The number of rotatable bonds is 8. The smallest absolute Gasteiger partial charge is 0.308 e. The Hall–Kier alpha value is -3.28. The Bertz CT molecular complexity index is 1040. The van der Waals surface area contributed by atoms with E-state index in [1.165, 1.54) is 16.5 Å². The normalized spacial score (nSPS) is 10.8. The second-order valence-electron chi connectivity index (χ2n) is 6.54. The number of carbonyl (C=O) groups excluding carboxylic acids is 2. The van der Waals surface area contributed by atoms with E-state index in [0.717, 1.165) is 12.8 Å². The van der Waals surface area contributed by atoms with Crippen molar-refractivity contribution in [1.82, 2.24) is 9.55 Å². The van der Waals surface area contributed by atoms with Gasteiger partial charge in [-0.1, -0.05) is 49.7 Å². The van der Waals surface area contributed by atoms with Crippen LogP contribution in [0.2, 0.25) is 0 Å². The summed E-state index contributed by atoms with van der Waals surface area (Å²) in [5.74, 6) is -0.781. The van der Waals surface area contributed by atoms with Crippen LogP contribution in [-0.4, -0.2) is 27.9 Å². The van der Waals surface area contributed by atoms with Gasteiger partial charge in [0.2, 0.25) is 0 Å². The predicted molar refractivity (Wildman–Crippen MR) is 106 cm³/mol. The summed E-state index contributed by atoms with van der Waals surface area (Å²) in [5, 5.41) is 0.500. The molecule has 28 heavy (non-hydrogen) atoms. The average Bonchev–Trinajstić information content (AvgIpc) is 2.72. The van der Waals surface area contributed by atoms with Gasteiger partial charge in [0.25, 0.3) is 5.56 Å². The molecule has 0 bridgehead atoms. The number of fused-ring (bicyclic) bond motifs is 1. The zero-order chi connectivity index (χ0) is 19.9. The molecule has 1 aromatic heterocycles. The summed E-state index contributed by atoms with van der Waals surface area (Å²) in [6.45, 7) is 1.94. The third-order valence-electron chi connectivity index (χ3n) is 4.47. The maximum Gasteiger partial charge on any atom is 0.308 e. The fourth-order valence-corrected chi connectivity index (χ4v) is 2.92.